The third kappa shape index (κ3) is 4.48. The van der Waals surface area contributed by atoms with E-state index in [1.807, 2.05) is 47.4 Å². The summed E-state index contributed by atoms with van der Waals surface area (Å²) < 4.78 is 5.55. The van der Waals surface area contributed by atoms with E-state index in [4.69, 9.17) is 4.74 Å². The Labute approximate surface area is 195 Å². The summed E-state index contributed by atoms with van der Waals surface area (Å²) in [6.07, 6.45) is 7.98. The van der Waals surface area contributed by atoms with Crippen molar-refractivity contribution in [2.75, 3.05) is 33.3 Å². The molecule has 3 aromatic carbocycles. The van der Waals surface area contributed by atoms with Crippen molar-refractivity contribution in [1.82, 2.24) is 9.80 Å². The lowest BCUT2D eigenvalue weighted by Crippen LogP contribution is -2.49. The van der Waals surface area contributed by atoms with E-state index in [0.29, 0.717) is 13.1 Å². The van der Waals surface area contributed by atoms with Crippen LogP contribution in [-0.4, -0.2) is 49.0 Å². The van der Waals surface area contributed by atoms with Crippen LogP contribution in [0, 0.1) is 0 Å². The number of fused-ring (bicyclic) bond motifs is 2. The van der Waals surface area contributed by atoms with Crippen molar-refractivity contribution in [2.45, 2.75) is 6.04 Å². The van der Waals surface area contributed by atoms with E-state index in [1.54, 1.807) is 13.2 Å². The van der Waals surface area contributed by atoms with E-state index in [0.717, 1.165) is 24.4 Å². The highest BCUT2D eigenvalue weighted by atomic mass is 16.5. The third-order valence-electron chi connectivity index (χ3n) is 6.53. The van der Waals surface area contributed by atoms with Gasteiger partial charge in [0.25, 0.3) is 0 Å². The van der Waals surface area contributed by atoms with Gasteiger partial charge in [0.15, 0.2) is 0 Å². The van der Waals surface area contributed by atoms with Crippen LogP contribution in [-0.2, 0) is 4.79 Å². The van der Waals surface area contributed by atoms with Gasteiger partial charge in [0.2, 0.25) is 5.91 Å². The number of nitrogens with zero attached hydrogens (tertiary/aromatic N) is 2. The molecular formula is C29H28N2O2. The van der Waals surface area contributed by atoms with Gasteiger partial charge < -0.3 is 9.64 Å². The van der Waals surface area contributed by atoms with Gasteiger partial charge in [0, 0.05) is 32.3 Å². The molecule has 1 fully saturated rings. The van der Waals surface area contributed by atoms with Crippen LogP contribution >= 0.6 is 0 Å². The fraction of sp³-hybridized carbons (Fsp3) is 0.207. The Morgan fingerprint density at radius 2 is 1.55 bits per heavy atom. The Morgan fingerprint density at radius 1 is 0.848 bits per heavy atom. The van der Waals surface area contributed by atoms with Gasteiger partial charge in [0.05, 0.1) is 13.2 Å². The Hall–Kier alpha value is -3.63. The minimum absolute atomic E-state index is 0.0727. The van der Waals surface area contributed by atoms with Crippen molar-refractivity contribution in [1.29, 1.82) is 0 Å². The highest BCUT2D eigenvalue weighted by molar-refractivity contribution is 5.91. The van der Waals surface area contributed by atoms with Gasteiger partial charge in [-0.25, -0.2) is 0 Å². The minimum Gasteiger partial charge on any atom is -0.497 e. The van der Waals surface area contributed by atoms with E-state index in [2.05, 4.69) is 53.5 Å². The summed E-state index contributed by atoms with van der Waals surface area (Å²) in [5.41, 5.74) is 6.03. The fourth-order valence-electron chi connectivity index (χ4n) is 4.76. The number of carbonyl (C=O) groups excluding carboxylic acids is 1. The molecule has 4 nitrogen and oxygen atoms in total. The summed E-state index contributed by atoms with van der Waals surface area (Å²) in [6, 6.07) is 25.0. The molecule has 1 aliphatic carbocycles. The number of carbonyl (C=O) groups is 1. The third-order valence-corrected chi connectivity index (χ3v) is 6.53. The highest BCUT2D eigenvalue weighted by Gasteiger charge is 2.31. The summed E-state index contributed by atoms with van der Waals surface area (Å²) in [5.74, 6) is 0.940. The molecule has 2 aliphatic rings. The van der Waals surface area contributed by atoms with E-state index < -0.39 is 0 Å². The van der Waals surface area contributed by atoms with Gasteiger partial charge in [0.1, 0.15) is 5.75 Å². The molecule has 1 heterocycles. The molecular weight excluding hydrogens is 408 g/mol. The first-order valence-electron chi connectivity index (χ1n) is 11.4. The molecule has 0 spiro atoms. The van der Waals surface area contributed by atoms with Gasteiger partial charge in [-0.15, -0.1) is 0 Å². The van der Waals surface area contributed by atoms with Crippen LogP contribution in [0.25, 0.3) is 18.2 Å². The van der Waals surface area contributed by atoms with Crippen molar-refractivity contribution in [2.24, 2.45) is 0 Å². The molecule has 4 heteroatoms. The quantitative estimate of drug-likeness (QED) is 0.532. The molecule has 1 saturated heterocycles. The maximum absolute atomic E-state index is 12.8. The van der Waals surface area contributed by atoms with Crippen LogP contribution in [0.15, 0.2) is 78.9 Å². The van der Waals surface area contributed by atoms with E-state index >= 15 is 0 Å². The molecule has 0 bridgehead atoms. The number of methoxy groups -OCH3 is 1. The van der Waals surface area contributed by atoms with Crippen molar-refractivity contribution in [3.8, 4) is 5.75 Å². The number of hydrogen-bond donors (Lipinski definition) is 0. The van der Waals surface area contributed by atoms with Crippen LogP contribution in [0.4, 0.5) is 0 Å². The average Bonchev–Trinajstić information content (AvgIpc) is 3.04. The molecule has 1 atom stereocenters. The lowest BCUT2D eigenvalue weighted by Gasteiger charge is -2.40. The molecule has 0 N–H and O–H groups in total. The fourth-order valence-corrected chi connectivity index (χ4v) is 4.76. The highest BCUT2D eigenvalue weighted by Crippen LogP contribution is 2.39. The zero-order chi connectivity index (χ0) is 22.6. The van der Waals surface area contributed by atoms with Crippen LogP contribution in [0.1, 0.15) is 33.9 Å². The molecule has 1 amide bonds. The van der Waals surface area contributed by atoms with Crippen molar-refractivity contribution in [3.05, 3.63) is 107 Å². The molecule has 1 aliphatic heterocycles. The zero-order valence-electron chi connectivity index (χ0n) is 18.9. The first-order valence-corrected chi connectivity index (χ1v) is 11.4. The van der Waals surface area contributed by atoms with Crippen LogP contribution in [0.5, 0.6) is 5.75 Å². The standard InChI is InChI=1S/C29H28N2O2/c1-33-25-15-14-24-13-12-23-9-5-6-10-26(23)29(27(24)21-25)31-19-17-30(18-20-31)28(32)16-11-22-7-3-2-4-8-22/h2-16,21,29H,17-20H2,1H3. The first kappa shape index (κ1) is 21.2. The zero-order valence-corrected chi connectivity index (χ0v) is 18.9. The van der Waals surface area contributed by atoms with Gasteiger partial charge in [-0.3, -0.25) is 9.69 Å². The second-order valence-corrected chi connectivity index (χ2v) is 8.46. The predicted octanol–water partition coefficient (Wildman–Crippen LogP) is 5.13. The molecule has 1 unspecified atom stereocenters. The lowest BCUT2D eigenvalue weighted by atomic mass is 9.92. The van der Waals surface area contributed by atoms with Crippen molar-refractivity contribution < 1.29 is 9.53 Å². The summed E-state index contributed by atoms with van der Waals surface area (Å²) in [6.45, 7) is 3.06. The molecule has 0 radical (unpaired) electrons. The van der Waals surface area contributed by atoms with Gasteiger partial charge in [-0.2, -0.15) is 0 Å². The van der Waals surface area contributed by atoms with Crippen LogP contribution in [0.3, 0.4) is 0 Å². The molecule has 33 heavy (non-hydrogen) atoms. The van der Waals surface area contributed by atoms with Crippen molar-refractivity contribution in [3.63, 3.8) is 0 Å². The largest absolute Gasteiger partial charge is 0.497 e. The maximum atomic E-state index is 12.8. The summed E-state index contributed by atoms with van der Waals surface area (Å²) in [4.78, 5) is 17.2. The topological polar surface area (TPSA) is 32.8 Å². The van der Waals surface area contributed by atoms with E-state index in [1.165, 1.54) is 22.3 Å². The van der Waals surface area contributed by atoms with E-state index in [9.17, 15) is 4.79 Å². The van der Waals surface area contributed by atoms with Crippen molar-refractivity contribution >= 4 is 24.1 Å². The number of rotatable bonds is 4. The molecule has 3 aromatic rings. The number of piperazine rings is 1. The Balaban J connectivity index is 1.37. The van der Waals surface area contributed by atoms with Gasteiger partial charge in [-0.05, 0) is 46.0 Å². The second kappa shape index (κ2) is 9.47. The number of ether oxygens (including phenoxy) is 1. The Morgan fingerprint density at radius 3 is 2.30 bits per heavy atom. The van der Waals surface area contributed by atoms with E-state index in [-0.39, 0.29) is 11.9 Å². The molecule has 166 valence electrons. The lowest BCUT2D eigenvalue weighted by molar-refractivity contribution is -0.127. The summed E-state index contributed by atoms with van der Waals surface area (Å²) >= 11 is 0. The number of hydrogen-bond acceptors (Lipinski definition) is 3. The summed E-state index contributed by atoms with van der Waals surface area (Å²) in [7, 11) is 1.71. The normalized spacial score (nSPS) is 18.0. The minimum atomic E-state index is 0.0727. The molecule has 5 rings (SSSR count). The molecule has 0 saturated carbocycles. The van der Waals surface area contributed by atoms with Gasteiger partial charge in [-0.1, -0.05) is 72.8 Å². The van der Waals surface area contributed by atoms with Crippen LogP contribution < -0.4 is 4.74 Å². The monoisotopic (exact) mass is 436 g/mol. The SMILES string of the molecule is COc1ccc2c(c1)C(N1CCN(C(=O)C=Cc3ccccc3)CC1)c1ccccc1C=C2. The Kier molecular flexibility index (Phi) is 6.09. The predicted molar refractivity (Wildman–Crippen MR) is 134 cm³/mol. The Bertz CT molecular complexity index is 1190. The van der Waals surface area contributed by atoms with Gasteiger partial charge >= 0.3 is 0 Å². The smallest absolute Gasteiger partial charge is 0.246 e. The number of amides is 1. The average molecular weight is 437 g/mol. The van der Waals surface area contributed by atoms with Crippen LogP contribution in [0.2, 0.25) is 0 Å². The summed E-state index contributed by atoms with van der Waals surface area (Å²) in [5, 5.41) is 0. The maximum Gasteiger partial charge on any atom is 0.246 e. The first-order chi connectivity index (χ1) is 16.2. The second-order valence-electron chi connectivity index (χ2n) is 8.46. The molecule has 0 aromatic heterocycles. The number of benzene rings is 3.